The Hall–Kier alpha value is -3.41. The summed E-state index contributed by atoms with van der Waals surface area (Å²) in [4.78, 5) is 16.4. The molecule has 0 aliphatic heterocycles. The van der Waals surface area contributed by atoms with Crippen molar-refractivity contribution in [3.05, 3.63) is 71.0 Å². The number of aromatic nitrogens is 4. The molecule has 0 unspecified atom stereocenters. The minimum absolute atomic E-state index is 0.109. The molecular formula is C20H19N5O. The average molecular weight is 345 g/mol. The normalized spacial score (nSPS) is 11.0. The van der Waals surface area contributed by atoms with E-state index >= 15 is 0 Å². The fourth-order valence-corrected chi connectivity index (χ4v) is 3.10. The molecule has 130 valence electrons. The zero-order valence-corrected chi connectivity index (χ0v) is 14.9. The molecule has 0 saturated carbocycles. The Morgan fingerprint density at radius 1 is 1.04 bits per heavy atom. The van der Waals surface area contributed by atoms with Crippen LogP contribution in [0, 0.1) is 6.92 Å². The Bertz CT molecular complexity index is 1160. The maximum absolute atomic E-state index is 12.2. The number of fused-ring (bicyclic) bond motifs is 1. The standard InChI is InChI=1S/C20H19N5O/c1-13-18(12-22-25(3)20(13)26)23-17-9-15(14-5-4-7-21-11-14)10-19-16(17)6-8-24(19)2/h4-12,23H,1-3H3. The summed E-state index contributed by atoms with van der Waals surface area (Å²) >= 11 is 0. The highest BCUT2D eigenvalue weighted by molar-refractivity contribution is 5.98. The summed E-state index contributed by atoms with van der Waals surface area (Å²) in [5.41, 5.74) is 5.37. The Balaban J connectivity index is 1.89. The van der Waals surface area contributed by atoms with Crippen LogP contribution in [-0.4, -0.2) is 19.3 Å². The Kier molecular flexibility index (Phi) is 3.80. The first-order valence-electron chi connectivity index (χ1n) is 8.34. The maximum atomic E-state index is 12.2. The molecule has 3 aromatic heterocycles. The first-order chi connectivity index (χ1) is 12.5. The first-order valence-corrected chi connectivity index (χ1v) is 8.34. The summed E-state index contributed by atoms with van der Waals surface area (Å²) in [6.07, 6.45) is 7.32. The van der Waals surface area contributed by atoms with Gasteiger partial charge in [-0.05, 0) is 36.8 Å². The minimum atomic E-state index is -0.109. The third-order valence-corrected chi connectivity index (χ3v) is 4.65. The van der Waals surface area contributed by atoms with Gasteiger partial charge in [-0.15, -0.1) is 0 Å². The largest absolute Gasteiger partial charge is 0.353 e. The molecule has 0 atom stereocenters. The highest BCUT2D eigenvalue weighted by Gasteiger charge is 2.11. The molecule has 6 nitrogen and oxygen atoms in total. The highest BCUT2D eigenvalue weighted by Crippen LogP contribution is 2.33. The van der Waals surface area contributed by atoms with Crippen molar-refractivity contribution < 1.29 is 0 Å². The van der Waals surface area contributed by atoms with E-state index in [1.165, 1.54) is 4.68 Å². The molecule has 26 heavy (non-hydrogen) atoms. The average Bonchev–Trinajstić information content (AvgIpc) is 3.04. The second kappa shape index (κ2) is 6.15. The first kappa shape index (κ1) is 16.1. The van der Waals surface area contributed by atoms with Crippen molar-refractivity contribution in [2.75, 3.05) is 5.32 Å². The molecule has 4 aromatic rings. The summed E-state index contributed by atoms with van der Waals surface area (Å²) in [5, 5.41) is 8.61. The quantitative estimate of drug-likeness (QED) is 0.618. The van der Waals surface area contributed by atoms with Crippen molar-refractivity contribution in [2.24, 2.45) is 14.1 Å². The van der Waals surface area contributed by atoms with Crippen molar-refractivity contribution in [1.82, 2.24) is 19.3 Å². The van der Waals surface area contributed by atoms with E-state index in [4.69, 9.17) is 0 Å². The van der Waals surface area contributed by atoms with Gasteiger partial charge in [-0.1, -0.05) is 6.07 Å². The van der Waals surface area contributed by atoms with Crippen molar-refractivity contribution in [3.8, 4) is 11.1 Å². The van der Waals surface area contributed by atoms with E-state index in [0.717, 1.165) is 27.7 Å². The van der Waals surface area contributed by atoms with Crippen LogP contribution in [0.3, 0.4) is 0 Å². The molecule has 0 radical (unpaired) electrons. The number of aryl methyl sites for hydroxylation is 2. The van der Waals surface area contributed by atoms with Crippen LogP contribution in [0.15, 0.2) is 59.9 Å². The lowest BCUT2D eigenvalue weighted by Crippen LogP contribution is -2.22. The zero-order valence-electron chi connectivity index (χ0n) is 14.9. The van der Waals surface area contributed by atoms with E-state index in [1.807, 2.05) is 31.6 Å². The summed E-state index contributed by atoms with van der Waals surface area (Å²) in [7, 11) is 3.67. The summed E-state index contributed by atoms with van der Waals surface area (Å²) in [5.74, 6) is 0. The molecule has 0 fully saturated rings. The van der Waals surface area contributed by atoms with Gasteiger partial charge in [-0.25, -0.2) is 4.68 Å². The molecule has 0 aliphatic rings. The smallest absolute Gasteiger partial charge is 0.271 e. The molecule has 6 heteroatoms. The van der Waals surface area contributed by atoms with Gasteiger partial charge in [-0.2, -0.15) is 5.10 Å². The van der Waals surface area contributed by atoms with Crippen LogP contribution in [0.1, 0.15) is 5.56 Å². The molecule has 4 rings (SSSR count). The van der Waals surface area contributed by atoms with Crippen LogP contribution >= 0.6 is 0 Å². The van der Waals surface area contributed by atoms with Gasteiger partial charge in [-0.3, -0.25) is 9.78 Å². The van der Waals surface area contributed by atoms with Gasteiger partial charge in [0.15, 0.2) is 0 Å². The molecule has 0 bridgehead atoms. The number of anilines is 2. The Morgan fingerprint density at radius 2 is 1.88 bits per heavy atom. The number of hydrogen-bond acceptors (Lipinski definition) is 4. The lowest BCUT2D eigenvalue weighted by molar-refractivity contribution is 0.702. The molecule has 0 spiro atoms. The Labute approximate surface area is 150 Å². The van der Waals surface area contributed by atoms with Crippen LogP contribution in [0.4, 0.5) is 11.4 Å². The fourth-order valence-electron chi connectivity index (χ4n) is 3.10. The van der Waals surface area contributed by atoms with E-state index in [0.29, 0.717) is 11.3 Å². The van der Waals surface area contributed by atoms with E-state index in [1.54, 1.807) is 26.4 Å². The van der Waals surface area contributed by atoms with E-state index < -0.39 is 0 Å². The molecule has 3 heterocycles. The zero-order chi connectivity index (χ0) is 18.3. The number of pyridine rings is 1. The van der Waals surface area contributed by atoms with E-state index in [-0.39, 0.29) is 5.56 Å². The Morgan fingerprint density at radius 3 is 2.65 bits per heavy atom. The SMILES string of the molecule is Cc1c(Nc2cc(-c3cccnc3)cc3c2ccn3C)cnn(C)c1=O. The minimum Gasteiger partial charge on any atom is -0.353 e. The maximum Gasteiger partial charge on any atom is 0.271 e. The van der Waals surface area contributed by atoms with Crippen molar-refractivity contribution in [2.45, 2.75) is 6.92 Å². The highest BCUT2D eigenvalue weighted by atomic mass is 16.1. The number of benzene rings is 1. The molecule has 0 saturated heterocycles. The summed E-state index contributed by atoms with van der Waals surface area (Å²) in [6, 6.07) is 10.2. The van der Waals surface area contributed by atoms with Crippen molar-refractivity contribution in [1.29, 1.82) is 0 Å². The fraction of sp³-hybridized carbons (Fsp3) is 0.150. The number of rotatable bonds is 3. The van der Waals surface area contributed by atoms with Gasteiger partial charge < -0.3 is 9.88 Å². The number of nitrogens with one attached hydrogen (secondary N) is 1. The number of hydrogen-bond donors (Lipinski definition) is 1. The van der Waals surface area contributed by atoms with E-state index in [9.17, 15) is 4.79 Å². The van der Waals surface area contributed by atoms with Gasteiger partial charge in [0.25, 0.3) is 5.56 Å². The molecule has 0 amide bonds. The molecule has 1 N–H and O–H groups in total. The lowest BCUT2D eigenvalue weighted by atomic mass is 10.0. The monoisotopic (exact) mass is 345 g/mol. The topological polar surface area (TPSA) is 64.7 Å². The number of nitrogens with zero attached hydrogens (tertiary/aromatic N) is 4. The molecular weight excluding hydrogens is 326 g/mol. The van der Waals surface area contributed by atoms with Crippen molar-refractivity contribution >= 4 is 22.3 Å². The van der Waals surface area contributed by atoms with Crippen LogP contribution < -0.4 is 10.9 Å². The summed E-state index contributed by atoms with van der Waals surface area (Å²) in [6.45, 7) is 1.81. The molecule has 0 aliphatic carbocycles. The third kappa shape index (κ3) is 2.65. The van der Waals surface area contributed by atoms with E-state index in [2.05, 4.69) is 38.2 Å². The lowest BCUT2D eigenvalue weighted by Gasteiger charge is -2.13. The van der Waals surface area contributed by atoms with Crippen LogP contribution in [-0.2, 0) is 14.1 Å². The second-order valence-corrected chi connectivity index (χ2v) is 6.36. The van der Waals surface area contributed by atoms with Crippen LogP contribution in [0.5, 0.6) is 0 Å². The van der Waals surface area contributed by atoms with Crippen molar-refractivity contribution in [3.63, 3.8) is 0 Å². The van der Waals surface area contributed by atoms with Gasteiger partial charge in [0.2, 0.25) is 0 Å². The summed E-state index contributed by atoms with van der Waals surface area (Å²) < 4.78 is 3.42. The second-order valence-electron chi connectivity index (χ2n) is 6.36. The third-order valence-electron chi connectivity index (χ3n) is 4.65. The van der Waals surface area contributed by atoms with Gasteiger partial charge >= 0.3 is 0 Å². The predicted octanol–water partition coefficient (Wildman–Crippen LogP) is 3.39. The van der Waals surface area contributed by atoms with Crippen LogP contribution in [0.2, 0.25) is 0 Å². The van der Waals surface area contributed by atoms with Gasteiger partial charge in [0.05, 0.1) is 17.4 Å². The van der Waals surface area contributed by atoms with Gasteiger partial charge in [0, 0.05) is 54.9 Å². The molecule has 1 aromatic carbocycles. The van der Waals surface area contributed by atoms with Gasteiger partial charge in [0.1, 0.15) is 0 Å². The van der Waals surface area contributed by atoms with Crippen LogP contribution in [0.25, 0.3) is 22.0 Å². The predicted molar refractivity (Wildman–Crippen MR) is 104 cm³/mol.